The average Bonchev–Trinajstić information content (AvgIpc) is 2.78. The molecule has 4 heteroatoms. The molecule has 2 rings (SSSR count). The molecule has 0 aromatic heterocycles. The predicted molar refractivity (Wildman–Crippen MR) is 52.1 cm³/mol. The highest BCUT2D eigenvalue weighted by Gasteiger charge is 2.34. The largest absolute Gasteiger partial charge is 0.327 e. The Bertz CT molecular complexity index is 282. The maximum Gasteiger partial charge on any atom is 0.150 e. The molecule has 1 saturated carbocycles. The highest BCUT2D eigenvalue weighted by atomic mass is 32.2. The lowest BCUT2D eigenvalue weighted by molar-refractivity contribution is 0.440. The minimum Gasteiger partial charge on any atom is -0.327 e. The molecule has 2 unspecified atom stereocenters. The third-order valence-corrected chi connectivity index (χ3v) is 5.00. The van der Waals surface area contributed by atoms with Crippen LogP contribution in [-0.2, 0) is 9.84 Å². The molecule has 1 aliphatic heterocycles. The van der Waals surface area contributed by atoms with Crippen molar-refractivity contribution in [3.05, 3.63) is 0 Å². The molecular weight excluding hydrogens is 186 g/mol. The quantitative estimate of drug-likeness (QED) is 0.728. The van der Waals surface area contributed by atoms with E-state index in [-0.39, 0.29) is 6.04 Å². The van der Waals surface area contributed by atoms with E-state index >= 15 is 0 Å². The average molecular weight is 203 g/mol. The summed E-state index contributed by atoms with van der Waals surface area (Å²) in [5, 5.41) is 0. The van der Waals surface area contributed by atoms with Crippen molar-refractivity contribution in [1.82, 2.24) is 0 Å². The second-order valence-corrected chi connectivity index (χ2v) is 6.73. The molecule has 13 heavy (non-hydrogen) atoms. The van der Waals surface area contributed by atoms with Crippen LogP contribution in [0.2, 0.25) is 0 Å². The van der Waals surface area contributed by atoms with Gasteiger partial charge >= 0.3 is 0 Å². The van der Waals surface area contributed by atoms with E-state index in [1.165, 1.54) is 12.8 Å². The summed E-state index contributed by atoms with van der Waals surface area (Å²) in [7, 11) is -2.70. The van der Waals surface area contributed by atoms with Gasteiger partial charge in [0.15, 0.2) is 9.84 Å². The predicted octanol–water partition coefficient (Wildman–Crippen LogP) is 0.548. The molecule has 1 heterocycles. The van der Waals surface area contributed by atoms with Crippen LogP contribution < -0.4 is 5.73 Å². The topological polar surface area (TPSA) is 60.2 Å². The molecule has 1 aliphatic carbocycles. The van der Waals surface area contributed by atoms with Gasteiger partial charge in [-0.3, -0.25) is 0 Å². The SMILES string of the molecule is NC(CC1CCS(=O)(=O)C1)C1CC1. The van der Waals surface area contributed by atoms with Crippen molar-refractivity contribution in [3.8, 4) is 0 Å². The van der Waals surface area contributed by atoms with Gasteiger partial charge in [0, 0.05) is 6.04 Å². The van der Waals surface area contributed by atoms with Crippen molar-refractivity contribution in [2.45, 2.75) is 31.7 Å². The van der Waals surface area contributed by atoms with Gasteiger partial charge in [0.2, 0.25) is 0 Å². The van der Waals surface area contributed by atoms with E-state index < -0.39 is 9.84 Å². The van der Waals surface area contributed by atoms with E-state index in [0.717, 1.165) is 12.8 Å². The molecule has 2 N–H and O–H groups in total. The minimum atomic E-state index is -2.70. The van der Waals surface area contributed by atoms with E-state index in [0.29, 0.717) is 23.3 Å². The number of hydrogen-bond acceptors (Lipinski definition) is 3. The first-order valence-corrected chi connectivity index (χ1v) is 6.85. The van der Waals surface area contributed by atoms with Crippen molar-refractivity contribution >= 4 is 9.84 Å². The fourth-order valence-corrected chi connectivity index (χ4v) is 4.04. The van der Waals surface area contributed by atoms with Crippen LogP contribution in [0.4, 0.5) is 0 Å². The molecular formula is C9H17NO2S. The Morgan fingerprint density at radius 2 is 2.00 bits per heavy atom. The molecule has 0 bridgehead atoms. The molecule has 3 nitrogen and oxygen atoms in total. The monoisotopic (exact) mass is 203 g/mol. The third-order valence-electron chi connectivity index (χ3n) is 3.16. The maximum absolute atomic E-state index is 11.2. The van der Waals surface area contributed by atoms with Crippen molar-refractivity contribution < 1.29 is 8.42 Å². The standard InChI is InChI=1S/C9H17NO2S/c10-9(8-1-2-8)5-7-3-4-13(11,12)6-7/h7-9H,1-6,10H2. The molecule has 0 radical (unpaired) electrons. The molecule has 76 valence electrons. The molecule has 0 aromatic rings. The zero-order valence-corrected chi connectivity index (χ0v) is 8.59. The zero-order valence-electron chi connectivity index (χ0n) is 7.78. The smallest absolute Gasteiger partial charge is 0.150 e. The Morgan fingerprint density at radius 3 is 2.46 bits per heavy atom. The Kier molecular flexibility index (Phi) is 2.36. The second-order valence-electron chi connectivity index (χ2n) is 4.51. The van der Waals surface area contributed by atoms with Crippen LogP contribution in [-0.4, -0.2) is 26.0 Å². The first-order chi connectivity index (χ1) is 6.07. The van der Waals surface area contributed by atoms with E-state index in [1.807, 2.05) is 0 Å². The van der Waals surface area contributed by atoms with Gasteiger partial charge in [0.05, 0.1) is 11.5 Å². The van der Waals surface area contributed by atoms with Crippen LogP contribution in [0.25, 0.3) is 0 Å². The van der Waals surface area contributed by atoms with E-state index in [9.17, 15) is 8.42 Å². The summed E-state index contributed by atoms with van der Waals surface area (Å²) >= 11 is 0. The highest BCUT2D eigenvalue weighted by Crippen LogP contribution is 2.35. The van der Waals surface area contributed by atoms with Gasteiger partial charge in [0.1, 0.15) is 0 Å². The summed E-state index contributed by atoms with van der Waals surface area (Å²) in [6, 6.07) is 0.262. The lowest BCUT2D eigenvalue weighted by Crippen LogP contribution is -2.26. The first-order valence-electron chi connectivity index (χ1n) is 5.03. The number of hydrogen-bond donors (Lipinski definition) is 1. The lowest BCUT2D eigenvalue weighted by atomic mass is 9.97. The second kappa shape index (κ2) is 3.24. The Balaban J connectivity index is 1.83. The molecule has 0 amide bonds. The van der Waals surface area contributed by atoms with Crippen molar-refractivity contribution in [2.24, 2.45) is 17.6 Å². The third kappa shape index (κ3) is 2.44. The molecule has 2 fully saturated rings. The van der Waals surface area contributed by atoms with Crippen LogP contribution in [0.3, 0.4) is 0 Å². The van der Waals surface area contributed by atoms with Gasteiger partial charge in [-0.15, -0.1) is 0 Å². The maximum atomic E-state index is 11.2. The van der Waals surface area contributed by atoms with Crippen molar-refractivity contribution in [3.63, 3.8) is 0 Å². The highest BCUT2D eigenvalue weighted by molar-refractivity contribution is 7.91. The van der Waals surface area contributed by atoms with Crippen LogP contribution in [0, 0.1) is 11.8 Å². The summed E-state index contributed by atoms with van der Waals surface area (Å²) in [5.41, 5.74) is 5.95. The van der Waals surface area contributed by atoms with Gasteiger partial charge in [-0.1, -0.05) is 0 Å². The van der Waals surface area contributed by atoms with Crippen LogP contribution in [0.5, 0.6) is 0 Å². The molecule has 0 aromatic carbocycles. The van der Waals surface area contributed by atoms with Gasteiger partial charge in [-0.05, 0) is 37.5 Å². The van der Waals surface area contributed by atoms with Gasteiger partial charge in [-0.2, -0.15) is 0 Å². The van der Waals surface area contributed by atoms with Gasteiger partial charge in [-0.25, -0.2) is 8.42 Å². The first kappa shape index (κ1) is 9.46. The summed E-state index contributed by atoms with van der Waals surface area (Å²) in [6.45, 7) is 0. The Labute approximate surface area is 79.6 Å². The minimum absolute atomic E-state index is 0.262. The molecule has 2 aliphatic rings. The normalized spacial score (nSPS) is 34.7. The van der Waals surface area contributed by atoms with Crippen LogP contribution in [0.1, 0.15) is 25.7 Å². The Hall–Kier alpha value is -0.0900. The van der Waals surface area contributed by atoms with Gasteiger partial charge < -0.3 is 5.73 Å². The fraction of sp³-hybridized carbons (Fsp3) is 1.00. The number of rotatable bonds is 3. The van der Waals surface area contributed by atoms with E-state index in [4.69, 9.17) is 5.73 Å². The Morgan fingerprint density at radius 1 is 1.31 bits per heavy atom. The molecule has 1 saturated heterocycles. The van der Waals surface area contributed by atoms with E-state index in [1.54, 1.807) is 0 Å². The van der Waals surface area contributed by atoms with Gasteiger partial charge in [0.25, 0.3) is 0 Å². The fourth-order valence-electron chi connectivity index (χ4n) is 2.16. The number of sulfone groups is 1. The van der Waals surface area contributed by atoms with Crippen LogP contribution in [0.15, 0.2) is 0 Å². The molecule has 0 spiro atoms. The van der Waals surface area contributed by atoms with Crippen LogP contribution >= 0.6 is 0 Å². The van der Waals surface area contributed by atoms with Crippen molar-refractivity contribution in [2.75, 3.05) is 11.5 Å². The summed E-state index contributed by atoms with van der Waals surface area (Å²) in [6.07, 6.45) is 4.26. The zero-order chi connectivity index (χ0) is 9.47. The molecule has 2 atom stereocenters. The lowest BCUT2D eigenvalue weighted by Gasteiger charge is -2.13. The summed E-state index contributed by atoms with van der Waals surface area (Å²) in [5.74, 6) is 1.81. The van der Waals surface area contributed by atoms with Crippen molar-refractivity contribution in [1.29, 1.82) is 0 Å². The summed E-state index contributed by atoms with van der Waals surface area (Å²) < 4.78 is 22.3. The van der Waals surface area contributed by atoms with E-state index in [2.05, 4.69) is 0 Å². The summed E-state index contributed by atoms with van der Waals surface area (Å²) in [4.78, 5) is 0. The number of nitrogens with two attached hydrogens (primary N) is 1.